The minimum Gasteiger partial charge on any atom is -0.354 e. The van der Waals surface area contributed by atoms with Crippen molar-refractivity contribution in [3.63, 3.8) is 0 Å². The molecule has 3 aromatic rings. The molecule has 0 heterocycles. The van der Waals surface area contributed by atoms with Crippen LogP contribution in [0, 0.1) is 19.7 Å². The van der Waals surface area contributed by atoms with E-state index in [9.17, 15) is 22.4 Å². The van der Waals surface area contributed by atoms with E-state index >= 15 is 0 Å². The third kappa shape index (κ3) is 7.61. The summed E-state index contributed by atoms with van der Waals surface area (Å²) in [5.74, 6) is -1.59. The molecule has 0 aliphatic rings. The van der Waals surface area contributed by atoms with E-state index in [0.29, 0.717) is 11.6 Å². The van der Waals surface area contributed by atoms with E-state index in [1.54, 1.807) is 31.2 Å². The summed E-state index contributed by atoms with van der Waals surface area (Å²) in [6.07, 6.45) is 1.64. The maximum absolute atomic E-state index is 14.6. The van der Waals surface area contributed by atoms with E-state index in [1.165, 1.54) is 47.4 Å². The first-order valence-electron chi connectivity index (χ1n) is 13.1. The van der Waals surface area contributed by atoms with Crippen molar-refractivity contribution in [2.45, 2.75) is 58.0 Å². The minimum atomic E-state index is -4.22. The van der Waals surface area contributed by atoms with Gasteiger partial charge in [-0.2, -0.15) is 0 Å². The first-order valence-corrected chi connectivity index (χ1v) is 14.9. The number of carbonyl (C=O) groups excluding carboxylic acids is 2. The van der Waals surface area contributed by atoms with Crippen molar-refractivity contribution in [1.82, 2.24) is 10.2 Å². The maximum Gasteiger partial charge on any atom is 0.264 e. The van der Waals surface area contributed by atoms with Gasteiger partial charge in [-0.05, 0) is 80.8 Å². The Morgan fingerprint density at radius 2 is 1.68 bits per heavy atom. The number of anilines is 1. The van der Waals surface area contributed by atoms with Crippen molar-refractivity contribution >= 4 is 39.1 Å². The number of sulfonamides is 1. The predicted octanol–water partition coefficient (Wildman–Crippen LogP) is 5.62. The molecule has 214 valence electrons. The van der Waals surface area contributed by atoms with Crippen molar-refractivity contribution in [2.24, 2.45) is 0 Å². The second-order valence-electron chi connectivity index (χ2n) is 9.67. The van der Waals surface area contributed by atoms with Gasteiger partial charge in [0.1, 0.15) is 18.4 Å². The molecule has 1 N–H and O–H groups in total. The highest BCUT2D eigenvalue weighted by molar-refractivity contribution is 7.92. The lowest BCUT2D eigenvalue weighted by molar-refractivity contribution is -0.139. The monoisotopic (exact) mass is 587 g/mol. The Labute approximate surface area is 241 Å². The number of nitrogens with one attached hydrogen (secondary N) is 1. The lowest BCUT2D eigenvalue weighted by atomic mass is 10.1. The van der Waals surface area contributed by atoms with E-state index in [1.807, 2.05) is 20.8 Å². The number of benzene rings is 3. The minimum absolute atomic E-state index is 0.0473. The second kappa shape index (κ2) is 13.8. The predicted molar refractivity (Wildman–Crippen MR) is 156 cm³/mol. The zero-order valence-corrected chi connectivity index (χ0v) is 24.7. The maximum atomic E-state index is 14.6. The average Bonchev–Trinajstić information content (AvgIpc) is 2.92. The number of halogens is 2. The Balaban J connectivity index is 2.03. The molecule has 10 heteroatoms. The third-order valence-corrected chi connectivity index (χ3v) is 8.79. The van der Waals surface area contributed by atoms with Crippen LogP contribution in [-0.4, -0.2) is 44.3 Å². The van der Waals surface area contributed by atoms with Gasteiger partial charge in [0.25, 0.3) is 10.0 Å². The molecule has 0 aliphatic carbocycles. The second-order valence-corrected chi connectivity index (χ2v) is 12.0. The fraction of sp³-hybridized carbons (Fsp3) is 0.333. The van der Waals surface area contributed by atoms with Gasteiger partial charge in [0, 0.05) is 23.7 Å². The van der Waals surface area contributed by atoms with Crippen LogP contribution in [0.4, 0.5) is 10.1 Å². The van der Waals surface area contributed by atoms with Gasteiger partial charge in [-0.15, -0.1) is 0 Å². The number of unbranched alkanes of at least 4 members (excludes halogenated alkanes) is 1. The molecular formula is C30H35ClFN3O4S. The molecule has 0 radical (unpaired) electrons. The molecule has 2 amide bonds. The highest BCUT2D eigenvalue weighted by Crippen LogP contribution is 2.27. The smallest absolute Gasteiger partial charge is 0.264 e. The molecule has 3 aromatic carbocycles. The van der Waals surface area contributed by atoms with Crippen LogP contribution in [0.3, 0.4) is 0 Å². The van der Waals surface area contributed by atoms with Crippen molar-refractivity contribution in [3.05, 3.63) is 94.3 Å². The number of carbonyl (C=O) groups is 2. The van der Waals surface area contributed by atoms with Crippen LogP contribution in [0.2, 0.25) is 5.02 Å². The molecule has 0 fully saturated rings. The van der Waals surface area contributed by atoms with Gasteiger partial charge in [-0.3, -0.25) is 13.9 Å². The third-order valence-electron chi connectivity index (χ3n) is 6.75. The normalized spacial score (nSPS) is 12.1. The van der Waals surface area contributed by atoms with Gasteiger partial charge in [0.2, 0.25) is 11.8 Å². The van der Waals surface area contributed by atoms with Crippen molar-refractivity contribution in [1.29, 1.82) is 0 Å². The summed E-state index contributed by atoms with van der Waals surface area (Å²) < 4.78 is 43.4. The topological polar surface area (TPSA) is 86.8 Å². The molecule has 1 atom stereocenters. The Kier molecular flexibility index (Phi) is 10.7. The van der Waals surface area contributed by atoms with Crippen LogP contribution in [0.1, 0.15) is 43.4 Å². The fourth-order valence-electron chi connectivity index (χ4n) is 4.07. The SMILES string of the molecule is CCCCNC(=O)C(C)N(Cc1ccccc1F)C(=O)CN(c1ccc(C)c(C)c1)S(=O)(=O)c1ccc(Cl)cc1. The number of hydrogen-bond acceptors (Lipinski definition) is 4. The summed E-state index contributed by atoms with van der Waals surface area (Å²) in [4.78, 5) is 28.0. The lowest BCUT2D eigenvalue weighted by Gasteiger charge is -2.32. The molecule has 1 unspecified atom stereocenters. The molecule has 40 heavy (non-hydrogen) atoms. The molecule has 0 bridgehead atoms. The van der Waals surface area contributed by atoms with Gasteiger partial charge < -0.3 is 10.2 Å². The van der Waals surface area contributed by atoms with Crippen LogP contribution in [0.5, 0.6) is 0 Å². The Morgan fingerprint density at radius 1 is 1.00 bits per heavy atom. The van der Waals surface area contributed by atoms with Crippen LogP contribution >= 0.6 is 11.6 Å². The van der Waals surface area contributed by atoms with Crippen molar-refractivity contribution in [2.75, 3.05) is 17.4 Å². The van der Waals surface area contributed by atoms with E-state index in [4.69, 9.17) is 11.6 Å². The summed E-state index contributed by atoms with van der Waals surface area (Å²) >= 11 is 5.98. The van der Waals surface area contributed by atoms with Crippen LogP contribution in [-0.2, 0) is 26.2 Å². The summed E-state index contributed by atoms with van der Waals surface area (Å²) in [6.45, 7) is 6.91. The van der Waals surface area contributed by atoms with Gasteiger partial charge >= 0.3 is 0 Å². The van der Waals surface area contributed by atoms with E-state index in [0.717, 1.165) is 28.3 Å². The highest BCUT2D eigenvalue weighted by atomic mass is 35.5. The van der Waals surface area contributed by atoms with E-state index < -0.39 is 40.2 Å². The lowest BCUT2D eigenvalue weighted by Crippen LogP contribution is -2.51. The van der Waals surface area contributed by atoms with Gasteiger partial charge in [-0.1, -0.05) is 49.2 Å². The Hall–Kier alpha value is -3.43. The Bertz CT molecular complexity index is 1450. The summed E-state index contributed by atoms with van der Waals surface area (Å²) in [6, 6.07) is 15.8. The number of nitrogens with zero attached hydrogens (tertiary/aromatic N) is 2. The van der Waals surface area contributed by atoms with Crippen LogP contribution in [0.25, 0.3) is 0 Å². The highest BCUT2D eigenvalue weighted by Gasteiger charge is 2.33. The Morgan fingerprint density at radius 3 is 2.30 bits per heavy atom. The van der Waals surface area contributed by atoms with Crippen molar-refractivity contribution in [3.8, 4) is 0 Å². The van der Waals surface area contributed by atoms with Crippen LogP contribution in [0.15, 0.2) is 71.6 Å². The van der Waals surface area contributed by atoms with Crippen LogP contribution < -0.4 is 9.62 Å². The fourth-order valence-corrected chi connectivity index (χ4v) is 5.60. The van der Waals surface area contributed by atoms with Gasteiger partial charge in [-0.25, -0.2) is 12.8 Å². The molecule has 0 spiro atoms. The van der Waals surface area contributed by atoms with Crippen molar-refractivity contribution < 1.29 is 22.4 Å². The van der Waals surface area contributed by atoms with Gasteiger partial charge in [0.15, 0.2) is 0 Å². The number of hydrogen-bond donors (Lipinski definition) is 1. The number of rotatable bonds is 12. The van der Waals surface area contributed by atoms with E-state index in [-0.39, 0.29) is 22.7 Å². The molecule has 3 rings (SSSR count). The van der Waals surface area contributed by atoms with Gasteiger partial charge in [0.05, 0.1) is 10.6 Å². The van der Waals surface area contributed by atoms with E-state index in [2.05, 4.69) is 5.32 Å². The largest absolute Gasteiger partial charge is 0.354 e. The molecular weight excluding hydrogens is 553 g/mol. The standard InChI is InChI=1S/C30H35ClFN3O4S/c1-5-6-17-33-30(37)23(4)34(19-24-9-7-8-10-28(24)32)29(36)20-35(26-14-11-21(2)22(3)18-26)40(38,39)27-15-12-25(31)13-16-27/h7-16,18,23H,5-6,17,19-20H2,1-4H3,(H,33,37). The quantitative estimate of drug-likeness (QED) is 0.279. The molecule has 0 aromatic heterocycles. The first-order chi connectivity index (χ1) is 18.9. The number of aryl methyl sites for hydroxylation is 2. The summed E-state index contributed by atoms with van der Waals surface area (Å²) in [5.41, 5.74) is 2.30. The average molecular weight is 588 g/mol. The first kappa shape index (κ1) is 31.1. The molecule has 0 aliphatic heterocycles. The molecule has 0 saturated heterocycles. The zero-order valence-electron chi connectivity index (χ0n) is 23.2. The summed E-state index contributed by atoms with van der Waals surface area (Å²) in [5, 5.41) is 3.18. The number of amides is 2. The zero-order chi connectivity index (χ0) is 29.4. The molecule has 0 saturated carbocycles. The molecule has 7 nitrogen and oxygen atoms in total. The summed E-state index contributed by atoms with van der Waals surface area (Å²) in [7, 11) is -4.22.